The molecule has 1 rings (SSSR count). The molecule has 0 aliphatic rings. The number of hydrogen-bond donors (Lipinski definition) is 2. The monoisotopic (exact) mass is 277 g/mol. The fourth-order valence-corrected chi connectivity index (χ4v) is 1.57. The van der Waals surface area contributed by atoms with Crippen molar-refractivity contribution in [3.63, 3.8) is 0 Å². The van der Waals surface area contributed by atoms with Crippen molar-refractivity contribution in [3.05, 3.63) is 22.6 Å². The highest BCUT2D eigenvalue weighted by atomic mass is 79.9. The molecule has 5 heteroatoms. The van der Waals surface area contributed by atoms with Gasteiger partial charge >= 0.3 is 0 Å². The highest BCUT2D eigenvalue weighted by molar-refractivity contribution is 9.10. The van der Waals surface area contributed by atoms with E-state index in [1.165, 1.54) is 0 Å². The number of halogens is 1. The van der Waals surface area contributed by atoms with E-state index in [2.05, 4.69) is 21.2 Å². The molecule has 0 aliphatic heterocycles. The summed E-state index contributed by atoms with van der Waals surface area (Å²) in [5.41, 5.74) is -0.565. The number of hydrogen-bond acceptors (Lipinski definition) is 4. The molecule has 1 atom stereocenters. The van der Waals surface area contributed by atoms with Crippen molar-refractivity contribution in [1.82, 2.24) is 5.32 Å². The van der Waals surface area contributed by atoms with Crippen LogP contribution in [-0.4, -0.2) is 32.0 Å². The van der Waals surface area contributed by atoms with E-state index >= 15 is 0 Å². The van der Waals surface area contributed by atoms with Gasteiger partial charge in [0.05, 0.1) is 18.8 Å². The second-order valence-corrected chi connectivity index (χ2v) is 4.30. The lowest BCUT2D eigenvalue weighted by atomic mass is 10.0. The van der Waals surface area contributed by atoms with Crippen molar-refractivity contribution < 1.29 is 14.3 Å². The van der Waals surface area contributed by atoms with Crippen molar-refractivity contribution >= 4 is 15.9 Å². The molecule has 15 heavy (non-hydrogen) atoms. The Hall–Kier alpha value is -0.360. The third-order valence-corrected chi connectivity index (χ3v) is 2.68. The zero-order chi connectivity index (χ0) is 11.3. The summed E-state index contributed by atoms with van der Waals surface area (Å²) in [6, 6.07) is 3.64. The molecule has 0 radical (unpaired) electrons. The highest BCUT2D eigenvalue weighted by Crippen LogP contribution is 2.24. The van der Waals surface area contributed by atoms with Crippen LogP contribution in [0, 0.1) is 0 Å². The van der Waals surface area contributed by atoms with Crippen LogP contribution in [0.15, 0.2) is 21.2 Å². The molecule has 0 bridgehead atoms. The SMILES string of the molecule is COCCNC(C)(CO)c1ccc(Br)o1. The summed E-state index contributed by atoms with van der Waals surface area (Å²) < 4.78 is 11.0. The predicted octanol–water partition coefficient (Wildman–Crippen LogP) is 1.49. The molecular formula is C10H16BrNO3. The minimum Gasteiger partial charge on any atom is -0.452 e. The van der Waals surface area contributed by atoms with E-state index in [0.717, 1.165) is 0 Å². The van der Waals surface area contributed by atoms with Gasteiger partial charge in [-0.25, -0.2) is 0 Å². The number of furan rings is 1. The fourth-order valence-electron chi connectivity index (χ4n) is 1.26. The Morgan fingerprint density at radius 1 is 1.60 bits per heavy atom. The Kier molecular flexibility index (Phi) is 4.79. The average molecular weight is 278 g/mol. The zero-order valence-corrected chi connectivity index (χ0v) is 10.5. The summed E-state index contributed by atoms with van der Waals surface area (Å²) in [4.78, 5) is 0. The van der Waals surface area contributed by atoms with Gasteiger partial charge in [0, 0.05) is 13.7 Å². The molecule has 0 saturated carbocycles. The molecule has 0 spiro atoms. The van der Waals surface area contributed by atoms with Crippen molar-refractivity contribution in [1.29, 1.82) is 0 Å². The van der Waals surface area contributed by atoms with E-state index in [4.69, 9.17) is 9.15 Å². The number of methoxy groups -OCH3 is 1. The Labute approximate surface area is 97.7 Å². The molecule has 1 unspecified atom stereocenters. The largest absolute Gasteiger partial charge is 0.452 e. The Balaban J connectivity index is 2.67. The van der Waals surface area contributed by atoms with E-state index in [9.17, 15) is 5.11 Å². The summed E-state index contributed by atoms with van der Waals surface area (Å²) in [5.74, 6) is 0.702. The van der Waals surface area contributed by atoms with Gasteiger partial charge in [-0.2, -0.15) is 0 Å². The van der Waals surface area contributed by atoms with Gasteiger partial charge in [0.2, 0.25) is 0 Å². The first-order chi connectivity index (χ1) is 7.12. The first kappa shape index (κ1) is 12.7. The van der Waals surface area contributed by atoms with Gasteiger partial charge in [-0.3, -0.25) is 0 Å². The number of aliphatic hydroxyl groups excluding tert-OH is 1. The van der Waals surface area contributed by atoms with E-state index in [0.29, 0.717) is 23.6 Å². The molecule has 0 aromatic carbocycles. The normalized spacial score (nSPS) is 15.2. The molecule has 0 saturated heterocycles. The molecule has 4 nitrogen and oxygen atoms in total. The van der Waals surface area contributed by atoms with Crippen LogP contribution in [0.2, 0.25) is 0 Å². The molecule has 0 fully saturated rings. The standard InChI is InChI=1S/C10H16BrNO3/c1-10(7-13,12-5-6-14-2)8-3-4-9(11)15-8/h3-4,12-13H,5-7H2,1-2H3. The predicted molar refractivity (Wildman–Crippen MR) is 60.7 cm³/mol. The minimum atomic E-state index is -0.565. The molecule has 1 aromatic heterocycles. The summed E-state index contributed by atoms with van der Waals surface area (Å²) in [6.07, 6.45) is 0. The maximum absolute atomic E-state index is 9.37. The third kappa shape index (κ3) is 3.31. The summed E-state index contributed by atoms with van der Waals surface area (Å²) >= 11 is 3.23. The lowest BCUT2D eigenvalue weighted by molar-refractivity contribution is 0.132. The lowest BCUT2D eigenvalue weighted by Gasteiger charge is -2.26. The third-order valence-electron chi connectivity index (χ3n) is 2.25. The topological polar surface area (TPSA) is 54.6 Å². The maximum atomic E-state index is 9.37. The molecule has 1 aromatic rings. The Morgan fingerprint density at radius 3 is 2.80 bits per heavy atom. The average Bonchev–Trinajstić information content (AvgIpc) is 2.65. The summed E-state index contributed by atoms with van der Waals surface area (Å²) in [6.45, 7) is 3.11. The van der Waals surface area contributed by atoms with Crippen molar-refractivity contribution in [2.75, 3.05) is 26.9 Å². The number of rotatable bonds is 6. The number of nitrogens with one attached hydrogen (secondary N) is 1. The van der Waals surface area contributed by atoms with Crippen LogP contribution < -0.4 is 5.32 Å². The van der Waals surface area contributed by atoms with Gasteiger partial charge in [0.15, 0.2) is 4.67 Å². The smallest absolute Gasteiger partial charge is 0.169 e. The van der Waals surface area contributed by atoms with E-state index in [1.54, 1.807) is 13.2 Å². The second-order valence-electron chi connectivity index (χ2n) is 3.51. The van der Waals surface area contributed by atoms with Crippen LogP contribution in [0.3, 0.4) is 0 Å². The summed E-state index contributed by atoms with van der Waals surface area (Å²) in [7, 11) is 1.64. The van der Waals surface area contributed by atoms with E-state index in [-0.39, 0.29) is 6.61 Å². The van der Waals surface area contributed by atoms with Crippen molar-refractivity contribution in [2.24, 2.45) is 0 Å². The number of ether oxygens (including phenoxy) is 1. The first-order valence-electron chi connectivity index (χ1n) is 4.73. The molecule has 0 aliphatic carbocycles. The maximum Gasteiger partial charge on any atom is 0.169 e. The molecule has 2 N–H and O–H groups in total. The highest BCUT2D eigenvalue weighted by Gasteiger charge is 2.28. The molecular weight excluding hydrogens is 262 g/mol. The van der Waals surface area contributed by atoms with Crippen LogP contribution in [-0.2, 0) is 10.3 Å². The minimum absolute atomic E-state index is 0.0311. The molecule has 1 heterocycles. The van der Waals surface area contributed by atoms with Crippen LogP contribution in [0.4, 0.5) is 0 Å². The van der Waals surface area contributed by atoms with Gasteiger partial charge < -0.3 is 19.6 Å². The Bertz CT molecular complexity index is 303. The van der Waals surface area contributed by atoms with Gasteiger partial charge in [0.25, 0.3) is 0 Å². The van der Waals surface area contributed by atoms with Gasteiger partial charge in [-0.15, -0.1) is 0 Å². The molecule has 0 amide bonds. The van der Waals surface area contributed by atoms with Crippen LogP contribution >= 0.6 is 15.9 Å². The van der Waals surface area contributed by atoms with E-state index < -0.39 is 5.54 Å². The lowest BCUT2D eigenvalue weighted by Crippen LogP contribution is -2.44. The number of aliphatic hydroxyl groups is 1. The van der Waals surface area contributed by atoms with Gasteiger partial charge in [-0.1, -0.05) is 0 Å². The van der Waals surface area contributed by atoms with Gasteiger partial charge in [0.1, 0.15) is 5.76 Å². The zero-order valence-electron chi connectivity index (χ0n) is 8.92. The quantitative estimate of drug-likeness (QED) is 0.774. The first-order valence-corrected chi connectivity index (χ1v) is 5.52. The van der Waals surface area contributed by atoms with Crippen LogP contribution in [0.25, 0.3) is 0 Å². The van der Waals surface area contributed by atoms with Crippen LogP contribution in [0.5, 0.6) is 0 Å². The van der Waals surface area contributed by atoms with Crippen molar-refractivity contribution in [2.45, 2.75) is 12.5 Å². The van der Waals surface area contributed by atoms with Gasteiger partial charge in [-0.05, 0) is 35.0 Å². The molecule has 86 valence electrons. The summed E-state index contributed by atoms with van der Waals surface area (Å²) in [5, 5.41) is 12.6. The second kappa shape index (κ2) is 5.65. The van der Waals surface area contributed by atoms with Crippen molar-refractivity contribution in [3.8, 4) is 0 Å². The van der Waals surface area contributed by atoms with E-state index in [1.807, 2.05) is 13.0 Å². The fraction of sp³-hybridized carbons (Fsp3) is 0.600. The van der Waals surface area contributed by atoms with Crippen LogP contribution in [0.1, 0.15) is 12.7 Å². The Morgan fingerprint density at radius 2 is 2.33 bits per heavy atom.